The molecule has 48 heavy (non-hydrogen) atoms. The molecule has 9 nitrogen and oxygen atoms in total. The maximum Gasteiger partial charge on any atom is 0.264 e. The van der Waals surface area contributed by atoms with E-state index in [4.69, 9.17) is 9.47 Å². The van der Waals surface area contributed by atoms with Crippen LogP contribution in [0.2, 0.25) is 0 Å². The second kappa shape index (κ2) is 15.8. The largest absolute Gasteiger partial charge is 0.497 e. The van der Waals surface area contributed by atoms with Crippen LogP contribution in [0.25, 0.3) is 0 Å². The number of anilines is 1. The first-order chi connectivity index (χ1) is 22.8. The van der Waals surface area contributed by atoms with Crippen LogP contribution in [0.4, 0.5) is 10.1 Å². The molecule has 0 aliphatic carbocycles. The average Bonchev–Trinajstić information content (AvgIpc) is 3.05. The lowest BCUT2D eigenvalue weighted by Gasteiger charge is -2.35. The number of hydrogen-bond donors (Lipinski definition) is 1. The molecule has 0 aliphatic heterocycles. The molecule has 0 radical (unpaired) electrons. The summed E-state index contributed by atoms with van der Waals surface area (Å²) in [5.74, 6) is -0.531. The van der Waals surface area contributed by atoms with Gasteiger partial charge in [-0.2, -0.15) is 0 Å². The van der Waals surface area contributed by atoms with E-state index < -0.39 is 45.8 Å². The van der Waals surface area contributed by atoms with Crippen molar-refractivity contribution in [3.05, 3.63) is 120 Å². The van der Waals surface area contributed by atoms with Crippen LogP contribution in [-0.2, 0) is 32.6 Å². The van der Waals surface area contributed by atoms with Crippen molar-refractivity contribution in [2.24, 2.45) is 0 Å². The Morgan fingerprint density at radius 3 is 2.10 bits per heavy atom. The lowest BCUT2D eigenvalue weighted by molar-refractivity contribution is -0.140. The van der Waals surface area contributed by atoms with Crippen LogP contribution in [0.3, 0.4) is 0 Å². The van der Waals surface area contributed by atoms with E-state index in [0.717, 1.165) is 34.1 Å². The molecule has 0 saturated carbocycles. The number of ether oxygens (including phenoxy) is 2. The Labute approximate surface area is 282 Å². The van der Waals surface area contributed by atoms with Crippen LogP contribution in [0.15, 0.2) is 108 Å². The van der Waals surface area contributed by atoms with Gasteiger partial charge >= 0.3 is 0 Å². The van der Waals surface area contributed by atoms with E-state index >= 15 is 0 Å². The average molecular weight is 676 g/mol. The summed E-state index contributed by atoms with van der Waals surface area (Å²) < 4.78 is 54.0. The summed E-state index contributed by atoms with van der Waals surface area (Å²) in [6.45, 7) is 7.12. The number of nitrogens with one attached hydrogen (secondary N) is 1. The van der Waals surface area contributed by atoms with E-state index in [0.29, 0.717) is 23.7 Å². The van der Waals surface area contributed by atoms with Gasteiger partial charge in [0.15, 0.2) is 0 Å². The molecule has 0 heterocycles. The summed E-state index contributed by atoms with van der Waals surface area (Å²) in [7, 11) is -2.85. The van der Waals surface area contributed by atoms with Crippen LogP contribution >= 0.6 is 0 Å². The Morgan fingerprint density at radius 2 is 1.50 bits per heavy atom. The molecule has 0 saturated heterocycles. The van der Waals surface area contributed by atoms with Gasteiger partial charge in [0.1, 0.15) is 29.9 Å². The fourth-order valence-electron chi connectivity index (χ4n) is 5.11. The molecule has 11 heteroatoms. The minimum Gasteiger partial charge on any atom is -0.497 e. The molecule has 4 rings (SSSR count). The molecule has 254 valence electrons. The molecule has 1 N–H and O–H groups in total. The van der Waals surface area contributed by atoms with Crippen molar-refractivity contribution in [3.8, 4) is 11.5 Å². The first-order valence-corrected chi connectivity index (χ1v) is 17.0. The maximum absolute atomic E-state index is 14.6. The number of benzene rings is 4. The van der Waals surface area contributed by atoms with Crippen LogP contribution in [0.5, 0.6) is 11.5 Å². The van der Waals surface area contributed by atoms with Gasteiger partial charge in [0.25, 0.3) is 10.0 Å². The normalized spacial score (nSPS) is 12.1. The molecule has 0 fully saturated rings. The fourth-order valence-corrected chi connectivity index (χ4v) is 6.53. The Balaban J connectivity index is 1.83. The standard InChI is InChI=1S/C37H42FN3O6S/c1-6-47-31-19-17-30(18-20-31)41(48(44,45)33-21-15-29(38)16-22-33)26-35(42)40(25-28-13-10-14-32(23-28)46-5)34(36(43)39-37(2,3)4)24-27-11-8-7-9-12-27/h7-23,34H,6,24-26H2,1-5H3,(H,39,43)/t34-/m1/s1. The Kier molecular flexibility index (Phi) is 11.8. The van der Waals surface area contributed by atoms with Crippen LogP contribution in [-0.4, -0.2) is 57.0 Å². The van der Waals surface area contributed by atoms with E-state index in [1.807, 2.05) is 64.1 Å². The molecular weight excluding hydrogens is 633 g/mol. The molecule has 2 amide bonds. The molecule has 4 aromatic carbocycles. The van der Waals surface area contributed by atoms with E-state index in [-0.39, 0.29) is 23.5 Å². The summed E-state index contributed by atoms with van der Waals surface area (Å²) in [6, 6.07) is 26.1. The molecular formula is C37H42FN3O6S. The molecule has 0 aromatic heterocycles. The highest BCUT2D eigenvalue weighted by Crippen LogP contribution is 2.27. The van der Waals surface area contributed by atoms with Gasteiger partial charge in [-0.15, -0.1) is 0 Å². The van der Waals surface area contributed by atoms with Gasteiger partial charge in [-0.1, -0.05) is 42.5 Å². The number of sulfonamides is 1. The van der Waals surface area contributed by atoms with Gasteiger partial charge in [-0.3, -0.25) is 13.9 Å². The van der Waals surface area contributed by atoms with Gasteiger partial charge in [0.05, 0.1) is 24.3 Å². The first kappa shape index (κ1) is 35.9. The number of amides is 2. The second-order valence-electron chi connectivity index (χ2n) is 12.2. The Bertz CT molecular complexity index is 1780. The molecule has 4 aromatic rings. The number of hydrogen-bond acceptors (Lipinski definition) is 6. The quantitative estimate of drug-likeness (QED) is 0.176. The van der Waals surface area contributed by atoms with Gasteiger partial charge in [0.2, 0.25) is 11.8 Å². The van der Waals surface area contributed by atoms with Crippen molar-refractivity contribution >= 4 is 27.5 Å². The molecule has 0 unspecified atom stereocenters. The van der Waals surface area contributed by atoms with Crippen LogP contribution in [0, 0.1) is 5.82 Å². The second-order valence-corrected chi connectivity index (χ2v) is 14.1. The third kappa shape index (κ3) is 9.57. The summed E-state index contributed by atoms with van der Waals surface area (Å²) in [5.41, 5.74) is 1.07. The number of nitrogens with zero attached hydrogens (tertiary/aromatic N) is 2. The summed E-state index contributed by atoms with van der Waals surface area (Å²) >= 11 is 0. The van der Waals surface area contributed by atoms with Crippen LogP contribution < -0.4 is 19.1 Å². The van der Waals surface area contributed by atoms with Crippen molar-refractivity contribution in [2.45, 2.75) is 57.1 Å². The zero-order valence-corrected chi connectivity index (χ0v) is 28.7. The van der Waals surface area contributed by atoms with E-state index in [9.17, 15) is 22.4 Å². The first-order valence-electron chi connectivity index (χ1n) is 15.6. The third-order valence-electron chi connectivity index (χ3n) is 7.37. The zero-order valence-electron chi connectivity index (χ0n) is 27.9. The van der Waals surface area contributed by atoms with Crippen molar-refractivity contribution in [1.29, 1.82) is 0 Å². The lowest BCUT2D eigenvalue weighted by atomic mass is 10.0. The SMILES string of the molecule is CCOc1ccc(N(CC(=O)N(Cc2cccc(OC)c2)[C@H](Cc2ccccc2)C(=O)NC(C)(C)C)S(=O)(=O)c2ccc(F)cc2)cc1. The van der Waals surface area contributed by atoms with Gasteiger partial charge in [-0.25, -0.2) is 12.8 Å². The minimum absolute atomic E-state index is 0.0151. The molecule has 1 atom stereocenters. The molecule has 0 aliphatic rings. The van der Waals surface area contributed by atoms with Crippen molar-refractivity contribution in [2.75, 3.05) is 24.6 Å². The van der Waals surface area contributed by atoms with Crippen LogP contribution in [0.1, 0.15) is 38.8 Å². The zero-order chi connectivity index (χ0) is 34.9. The molecule has 0 bridgehead atoms. The summed E-state index contributed by atoms with van der Waals surface area (Å²) in [6.07, 6.45) is 0.173. The maximum atomic E-state index is 14.6. The Hall–Kier alpha value is -4.90. The van der Waals surface area contributed by atoms with Crippen molar-refractivity contribution in [3.63, 3.8) is 0 Å². The number of carbonyl (C=O) groups is 2. The predicted octanol–water partition coefficient (Wildman–Crippen LogP) is 5.98. The van der Waals surface area contributed by atoms with Crippen molar-refractivity contribution in [1.82, 2.24) is 10.2 Å². The highest BCUT2D eigenvalue weighted by Gasteiger charge is 2.35. The van der Waals surface area contributed by atoms with E-state index in [2.05, 4.69) is 5.32 Å². The number of carbonyl (C=O) groups excluding carboxylic acids is 2. The minimum atomic E-state index is -4.38. The Morgan fingerprint density at radius 1 is 0.854 bits per heavy atom. The number of halogens is 1. The summed E-state index contributed by atoms with van der Waals surface area (Å²) in [4.78, 5) is 29.8. The van der Waals surface area contributed by atoms with Crippen molar-refractivity contribution < 1.29 is 31.9 Å². The highest BCUT2D eigenvalue weighted by molar-refractivity contribution is 7.92. The van der Waals surface area contributed by atoms with E-state index in [1.54, 1.807) is 42.5 Å². The monoisotopic (exact) mass is 675 g/mol. The lowest BCUT2D eigenvalue weighted by Crippen LogP contribution is -2.56. The summed E-state index contributed by atoms with van der Waals surface area (Å²) in [5, 5.41) is 3.01. The van der Waals surface area contributed by atoms with Gasteiger partial charge in [-0.05, 0) is 99.5 Å². The van der Waals surface area contributed by atoms with E-state index in [1.165, 1.54) is 12.0 Å². The van der Waals surface area contributed by atoms with Gasteiger partial charge < -0.3 is 19.7 Å². The number of rotatable bonds is 14. The highest BCUT2D eigenvalue weighted by atomic mass is 32.2. The third-order valence-corrected chi connectivity index (χ3v) is 9.16. The predicted molar refractivity (Wildman–Crippen MR) is 184 cm³/mol. The topological polar surface area (TPSA) is 105 Å². The van der Waals surface area contributed by atoms with Gasteiger partial charge in [0, 0.05) is 18.5 Å². The number of methoxy groups -OCH3 is 1. The fraction of sp³-hybridized carbons (Fsp3) is 0.297. The smallest absolute Gasteiger partial charge is 0.264 e. The molecule has 0 spiro atoms.